The Morgan fingerprint density at radius 2 is 0.688 bits per heavy atom. The van der Waals surface area contributed by atoms with Crippen LogP contribution in [-0.2, 0) is 14.2 Å². The van der Waals surface area contributed by atoms with Crippen LogP contribution in [0, 0.1) is 38.6 Å². The van der Waals surface area contributed by atoms with Crippen molar-refractivity contribution in [2.75, 3.05) is 21.3 Å². The molecule has 0 amide bonds. The molecule has 0 saturated carbocycles. The molecule has 0 fully saturated rings. The van der Waals surface area contributed by atoms with Gasteiger partial charge in [0.2, 0.25) is 0 Å². The van der Waals surface area contributed by atoms with E-state index in [2.05, 4.69) is 14.2 Å². The van der Waals surface area contributed by atoms with Crippen LogP contribution < -0.4 is 15.3 Å². The monoisotopic (exact) mass is 384 g/mol. The van der Waals surface area contributed by atoms with E-state index in [9.17, 15) is 15.3 Å². The van der Waals surface area contributed by atoms with Crippen LogP contribution in [0.25, 0.3) is 0 Å². The van der Waals surface area contributed by atoms with Gasteiger partial charge in [0.25, 0.3) is 0 Å². The van der Waals surface area contributed by atoms with Gasteiger partial charge in [0.15, 0.2) is 0 Å². The van der Waals surface area contributed by atoms with Crippen molar-refractivity contribution in [3.05, 3.63) is 0 Å². The zero-order chi connectivity index (χ0) is 12.9. The Balaban J connectivity index is -0.0000000655. The first-order chi connectivity index (χ1) is 6.81. The summed E-state index contributed by atoms with van der Waals surface area (Å²) in [6, 6.07) is 0. The van der Waals surface area contributed by atoms with Crippen LogP contribution >= 0.6 is 0 Å². The number of hydrogen-bond acceptors (Lipinski definition) is 6. The Hall–Kier alpha value is 1.05. The molecule has 0 N–H and O–H groups in total. The van der Waals surface area contributed by atoms with Gasteiger partial charge in [0.05, 0.1) is 0 Å². The van der Waals surface area contributed by atoms with Crippen molar-refractivity contribution in [1.29, 1.82) is 0 Å². The van der Waals surface area contributed by atoms with Crippen molar-refractivity contribution < 1.29 is 68.1 Å². The maximum absolute atomic E-state index is 9.67. The molecular weight excluding hydrogens is 363 g/mol. The smallest absolute Gasteiger partial charge is 0.831 e. The second kappa shape index (κ2) is 21.3. The van der Waals surface area contributed by atoms with Crippen molar-refractivity contribution in [2.24, 2.45) is 0 Å². The molecule has 0 bridgehead atoms. The summed E-state index contributed by atoms with van der Waals surface area (Å²) in [7, 11) is 4.16. The molecule has 0 aromatic carbocycles. The van der Waals surface area contributed by atoms with E-state index >= 15 is 0 Å². The van der Waals surface area contributed by atoms with E-state index in [1.807, 2.05) is 0 Å². The standard InChI is InChI=1S/3C3H7O2.Tb/c3*1-3(4)5-2;/h3*3H,1-2H3;/q3*-1;+3. The van der Waals surface area contributed by atoms with E-state index in [1.165, 1.54) is 42.1 Å². The van der Waals surface area contributed by atoms with Crippen LogP contribution in [-0.4, -0.2) is 40.2 Å². The Kier molecular flexibility index (Phi) is 34.4. The second-order valence-corrected chi connectivity index (χ2v) is 2.41. The van der Waals surface area contributed by atoms with Crippen LogP contribution in [0.15, 0.2) is 0 Å². The van der Waals surface area contributed by atoms with Crippen LogP contribution in [0.1, 0.15) is 20.8 Å². The number of rotatable bonds is 3. The van der Waals surface area contributed by atoms with Gasteiger partial charge in [-0.15, -0.1) is 0 Å². The molecule has 0 rings (SSSR count). The number of ether oxygens (including phenoxy) is 3. The predicted molar refractivity (Wildman–Crippen MR) is 49.4 cm³/mol. The Morgan fingerprint density at radius 1 is 0.625 bits per heavy atom. The van der Waals surface area contributed by atoms with Crippen molar-refractivity contribution >= 4 is 0 Å². The van der Waals surface area contributed by atoms with Gasteiger partial charge >= 0.3 is 38.6 Å². The average Bonchev–Trinajstić information content (AvgIpc) is 2.19. The molecule has 0 aliphatic rings. The summed E-state index contributed by atoms with van der Waals surface area (Å²) in [5.74, 6) is 0. The van der Waals surface area contributed by atoms with Crippen molar-refractivity contribution in [3.8, 4) is 0 Å². The van der Waals surface area contributed by atoms with Crippen LogP contribution in [0.3, 0.4) is 0 Å². The first kappa shape index (κ1) is 25.8. The predicted octanol–water partition coefficient (Wildman–Crippen LogP) is -1.98. The molecule has 3 atom stereocenters. The first-order valence-corrected chi connectivity index (χ1v) is 4.37. The third kappa shape index (κ3) is 59.8. The van der Waals surface area contributed by atoms with E-state index in [4.69, 9.17) is 0 Å². The molecule has 0 spiro atoms. The van der Waals surface area contributed by atoms with Crippen molar-refractivity contribution in [1.82, 2.24) is 0 Å². The SMILES string of the molecule is COC(C)[O-].COC(C)[O-].COC(C)[O-].[Tb+3]. The molecule has 0 radical (unpaired) electrons. The molecule has 0 saturated heterocycles. The van der Waals surface area contributed by atoms with Gasteiger partial charge in [-0.05, 0) is 18.9 Å². The molecule has 0 aromatic heterocycles. The van der Waals surface area contributed by atoms with E-state index in [0.29, 0.717) is 0 Å². The number of methoxy groups -OCH3 is 3. The fourth-order valence-corrected chi connectivity index (χ4v) is 0. The summed E-state index contributed by atoms with van der Waals surface area (Å²) < 4.78 is 12.6. The summed E-state index contributed by atoms with van der Waals surface area (Å²) >= 11 is 0. The zero-order valence-electron chi connectivity index (χ0n) is 10.5. The molecule has 0 aromatic rings. The van der Waals surface area contributed by atoms with Crippen molar-refractivity contribution in [2.45, 2.75) is 39.6 Å². The normalized spacial score (nSPS) is 14.1. The second-order valence-electron chi connectivity index (χ2n) is 2.41. The summed E-state index contributed by atoms with van der Waals surface area (Å²) in [5, 5.41) is 29.0. The molecule has 6 nitrogen and oxygen atoms in total. The third-order valence-corrected chi connectivity index (χ3v) is 0.996. The summed E-state index contributed by atoms with van der Waals surface area (Å²) in [6.07, 6.45) is -2.60. The van der Waals surface area contributed by atoms with Gasteiger partial charge in [0.1, 0.15) is 0 Å². The van der Waals surface area contributed by atoms with E-state index in [1.54, 1.807) is 0 Å². The molecule has 16 heavy (non-hydrogen) atoms. The molecule has 0 aliphatic carbocycles. The Bertz CT molecular complexity index is 81.0. The first-order valence-electron chi connectivity index (χ1n) is 4.37. The Labute approximate surface area is 128 Å². The largest absolute Gasteiger partial charge is 3.00 e. The van der Waals surface area contributed by atoms with Crippen LogP contribution in [0.4, 0.5) is 0 Å². The average molecular weight is 384 g/mol. The van der Waals surface area contributed by atoms with Gasteiger partial charge in [0, 0.05) is 21.3 Å². The molecular formula is C9H21O6Tb. The summed E-state index contributed by atoms with van der Waals surface area (Å²) in [5.41, 5.74) is 0. The van der Waals surface area contributed by atoms with Gasteiger partial charge in [-0.25, -0.2) is 0 Å². The topological polar surface area (TPSA) is 96.9 Å². The van der Waals surface area contributed by atoms with Crippen molar-refractivity contribution in [3.63, 3.8) is 0 Å². The molecule has 3 unspecified atom stereocenters. The zero-order valence-corrected chi connectivity index (χ0v) is 12.7. The van der Waals surface area contributed by atoms with Gasteiger partial charge in [-0.1, -0.05) is 20.8 Å². The summed E-state index contributed by atoms with van der Waals surface area (Å²) in [6.45, 7) is 4.33. The fourth-order valence-electron chi connectivity index (χ4n) is 0. The van der Waals surface area contributed by atoms with E-state index in [0.717, 1.165) is 0 Å². The minimum absolute atomic E-state index is 0. The van der Waals surface area contributed by atoms with E-state index in [-0.39, 0.29) is 38.6 Å². The molecule has 102 valence electrons. The van der Waals surface area contributed by atoms with E-state index < -0.39 is 18.9 Å². The minimum Gasteiger partial charge on any atom is -0.831 e. The molecule has 7 heteroatoms. The summed E-state index contributed by atoms with van der Waals surface area (Å²) in [4.78, 5) is 0. The quantitative estimate of drug-likeness (QED) is 0.523. The van der Waals surface area contributed by atoms with Crippen LogP contribution in [0.5, 0.6) is 0 Å². The maximum atomic E-state index is 9.67. The Morgan fingerprint density at radius 3 is 0.688 bits per heavy atom. The van der Waals surface area contributed by atoms with Gasteiger partial charge < -0.3 is 29.5 Å². The van der Waals surface area contributed by atoms with Crippen LogP contribution in [0.2, 0.25) is 0 Å². The fraction of sp³-hybridized carbons (Fsp3) is 1.00. The molecule has 0 aliphatic heterocycles. The maximum Gasteiger partial charge on any atom is 3.00 e. The number of hydrogen-bond donors (Lipinski definition) is 0. The minimum atomic E-state index is -0.866. The van der Waals surface area contributed by atoms with Gasteiger partial charge in [-0.2, -0.15) is 0 Å². The molecule has 0 heterocycles. The third-order valence-electron chi connectivity index (χ3n) is 0.996. The van der Waals surface area contributed by atoms with Gasteiger partial charge in [-0.3, -0.25) is 0 Å².